The number of nitrogen functional groups attached to an aromatic ring is 1. The zero-order chi connectivity index (χ0) is 7.56. The molecule has 1 aromatic rings. The zero-order valence-corrected chi connectivity index (χ0v) is 6.35. The van der Waals surface area contributed by atoms with Crippen molar-refractivity contribution in [3.8, 4) is 5.88 Å². The van der Waals surface area contributed by atoms with Gasteiger partial charge in [-0.25, -0.2) is 0 Å². The van der Waals surface area contributed by atoms with Gasteiger partial charge in [0.25, 0.3) is 0 Å². The minimum atomic E-state index is -0.0237. The summed E-state index contributed by atoms with van der Waals surface area (Å²) in [6, 6.07) is 3.28. The van der Waals surface area contributed by atoms with Crippen molar-refractivity contribution >= 4 is 17.6 Å². The van der Waals surface area contributed by atoms with Gasteiger partial charge in [-0.05, 0) is 12.3 Å². The van der Waals surface area contributed by atoms with E-state index in [0.717, 1.165) is 4.90 Å². The van der Waals surface area contributed by atoms with Gasteiger partial charge in [-0.2, -0.15) is 4.98 Å². The highest BCUT2D eigenvalue weighted by atomic mass is 32.2. The molecular formula is C6H8N2OS. The van der Waals surface area contributed by atoms with E-state index in [0.29, 0.717) is 5.82 Å². The third kappa shape index (κ3) is 1.54. The Morgan fingerprint density at radius 2 is 2.30 bits per heavy atom. The van der Waals surface area contributed by atoms with Crippen LogP contribution in [0.25, 0.3) is 0 Å². The number of hydrogen-bond acceptors (Lipinski definition) is 4. The first-order valence-corrected chi connectivity index (χ1v) is 3.95. The Hall–Kier alpha value is -0.900. The van der Waals surface area contributed by atoms with Crippen LogP contribution in [-0.4, -0.2) is 16.3 Å². The van der Waals surface area contributed by atoms with Gasteiger partial charge in [-0.1, -0.05) is 0 Å². The van der Waals surface area contributed by atoms with Crippen molar-refractivity contribution < 1.29 is 5.11 Å². The predicted octanol–water partition coefficient (Wildman–Crippen LogP) is 1.09. The Bertz CT molecular complexity index is 219. The molecular weight excluding hydrogens is 148 g/mol. The van der Waals surface area contributed by atoms with Crippen LogP contribution in [0.1, 0.15) is 0 Å². The number of aromatic hydroxyl groups is 1. The second kappa shape index (κ2) is 2.79. The number of hydrogen-bond donors (Lipinski definition) is 2. The number of aromatic nitrogens is 1. The molecule has 0 fully saturated rings. The molecule has 1 rings (SSSR count). The summed E-state index contributed by atoms with van der Waals surface area (Å²) in [6.45, 7) is 0. The van der Waals surface area contributed by atoms with E-state index in [2.05, 4.69) is 4.98 Å². The summed E-state index contributed by atoms with van der Waals surface area (Å²) in [6.07, 6.45) is 1.91. The van der Waals surface area contributed by atoms with Gasteiger partial charge in [-0.3, -0.25) is 0 Å². The lowest BCUT2D eigenvalue weighted by atomic mass is 10.4. The van der Waals surface area contributed by atoms with Crippen molar-refractivity contribution in [3.05, 3.63) is 12.1 Å². The van der Waals surface area contributed by atoms with Gasteiger partial charge >= 0.3 is 0 Å². The Morgan fingerprint density at radius 3 is 2.80 bits per heavy atom. The monoisotopic (exact) mass is 156 g/mol. The summed E-state index contributed by atoms with van der Waals surface area (Å²) in [5.74, 6) is 0.328. The predicted molar refractivity (Wildman–Crippen MR) is 42.1 cm³/mol. The first-order chi connectivity index (χ1) is 4.72. The van der Waals surface area contributed by atoms with Crippen molar-refractivity contribution in [1.29, 1.82) is 0 Å². The Kier molecular flexibility index (Phi) is 2.01. The van der Waals surface area contributed by atoms with E-state index in [1.807, 2.05) is 6.26 Å². The van der Waals surface area contributed by atoms with E-state index < -0.39 is 0 Å². The average molecular weight is 156 g/mol. The Morgan fingerprint density at radius 1 is 1.60 bits per heavy atom. The second-order valence-electron chi connectivity index (χ2n) is 1.79. The summed E-state index contributed by atoms with van der Waals surface area (Å²) in [7, 11) is 0. The molecule has 0 aromatic carbocycles. The van der Waals surface area contributed by atoms with E-state index in [-0.39, 0.29) is 5.88 Å². The first kappa shape index (κ1) is 7.21. The lowest BCUT2D eigenvalue weighted by Gasteiger charge is -1.97. The van der Waals surface area contributed by atoms with Crippen LogP contribution in [-0.2, 0) is 0 Å². The van der Waals surface area contributed by atoms with Crippen LogP contribution in [0.15, 0.2) is 17.0 Å². The molecule has 0 radical (unpaired) electrons. The third-order valence-corrected chi connectivity index (χ3v) is 1.75. The fourth-order valence-corrected chi connectivity index (χ4v) is 1.09. The molecule has 4 heteroatoms. The highest BCUT2D eigenvalue weighted by Gasteiger charge is 1.95. The molecule has 0 spiro atoms. The van der Waals surface area contributed by atoms with Crippen LogP contribution in [0.3, 0.4) is 0 Å². The molecule has 0 saturated carbocycles. The standard InChI is InChI=1S/C6H8N2OS/c1-10-4-2-5(7)8-6(9)3-4/h2-3H,1H3,(H3,7,8,9). The molecule has 0 amide bonds. The van der Waals surface area contributed by atoms with E-state index >= 15 is 0 Å². The third-order valence-electron chi connectivity index (χ3n) is 1.04. The van der Waals surface area contributed by atoms with Gasteiger partial charge < -0.3 is 10.8 Å². The molecule has 0 unspecified atom stereocenters. The quantitative estimate of drug-likeness (QED) is 0.597. The molecule has 0 aliphatic heterocycles. The van der Waals surface area contributed by atoms with Crippen LogP contribution < -0.4 is 5.73 Å². The molecule has 0 atom stereocenters. The SMILES string of the molecule is CSc1cc(N)nc(O)c1. The van der Waals surface area contributed by atoms with Gasteiger partial charge in [0.15, 0.2) is 0 Å². The van der Waals surface area contributed by atoms with Crippen molar-refractivity contribution in [2.24, 2.45) is 0 Å². The molecule has 0 bridgehead atoms. The number of thioether (sulfide) groups is 1. The maximum absolute atomic E-state index is 8.92. The molecule has 0 aliphatic rings. The zero-order valence-electron chi connectivity index (χ0n) is 5.53. The molecule has 10 heavy (non-hydrogen) atoms. The molecule has 1 heterocycles. The fourth-order valence-electron chi connectivity index (χ4n) is 0.629. The summed E-state index contributed by atoms with van der Waals surface area (Å²) in [5, 5.41) is 8.92. The average Bonchev–Trinajstić information content (AvgIpc) is 1.85. The van der Waals surface area contributed by atoms with E-state index in [9.17, 15) is 0 Å². The van der Waals surface area contributed by atoms with Crippen LogP contribution in [0.4, 0.5) is 5.82 Å². The van der Waals surface area contributed by atoms with Crippen LogP contribution >= 0.6 is 11.8 Å². The first-order valence-electron chi connectivity index (χ1n) is 2.73. The molecule has 0 aliphatic carbocycles. The number of rotatable bonds is 1. The maximum atomic E-state index is 8.92. The number of nitrogens with two attached hydrogens (primary N) is 1. The molecule has 3 N–H and O–H groups in total. The normalized spacial score (nSPS) is 9.70. The summed E-state index contributed by atoms with van der Waals surface area (Å²) < 4.78 is 0. The largest absolute Gasteiger partial charge is 0.493 e. The fraction of sp³-hybridized carbons (Fsp3) is 0.167. The van der Waals surface area contributed by atoms with Crippen molar-refractivity contribution in [2.75, 3.05) is 12.0 Å². The molecule has 3 nitrogen and oxygen atoms in total. The van der Waals surface area contributed by atoms with Gasteiger partial charge in [0, 0.05) is 11.0 Å². The Labute approximate surface area is 63.3 Å². The smallest absolute Gasteiger partial charge is 0.213 e. The Balaban J connectivity index is 3.06. The maximum Gasteiger partial charge on any atom is 0.213 e. The summed E-state index contributed by atoms with van der Waals surface area (Å²) in [5.41, 5.74) is 5.35. The number of nitrogens with zero attached hydrogens (tertiary/aromatic N) is 1. The highest BCUT2D eigenvalue weighted by molar-refractivity contribution is 7.98. The number of anilines is 1. The minimum Gasteiger partial charge on any atom is -0.493 e. The van der Waals surface area contributed by atoms with Crippen molar-refractivity contribution in [3.63, 3.8) is 0 Å². The van der Waals surface area contributed by atoms with Crippen LogP contribution in [0.5, 0.6) is 5.88 Å². The van der Waals surface area contributed by atoms with Crippen LogP contribution in [0, 0.1) is 0 Å². The molecule has 54 valence electrons. The lowest BCUT2D eigenvalue weighted by Crippen LogP contribution is -1.89. The van der Waals surface area contributed by atoms with Gasteiger partial charge in [0.1, 0.15) is 5.82 Å². The van der Waals surface area contributed by atoms with Crippen molar-refractivity contribution in [1.82, 2.24) is 4.98 Å². The van der Waals surface area contributed by atoms with Gasteiger partial charge in [-0.15, -0.1) is 11.8 Å². The van der Waals surface area contributed by atoms with E-state index in [1.54, 1.807) is 12.1 Å². The molecule has 0 saturated heterocycles. The summed E-state index contributed by atoms with van der Waals surface area (Å²) >= 11 is 1.52. The topological polar surface area (TPSA) is 59.1 Å². The highest BCUT2D eigenvalue weighted by Crippen LogP contribution is 2.20. The minimum absolute atomic E-state index is 0.0237. The van der Waals surface area contributed by atoms with E-state index in [1.165, 1.54) is 11.8 Å². The lowest BCUT2D eigenvalue weighted by molar-refractivity contribution is 0.453. The van der Waals surface area contributed by atoms with Crippen LogP contribution in [0.2, 0.25) is 0 Å². The van der Waals surface area contributed by atoms with Gasteiger partial charge in [0.05, 0.1) is 0 Å². The molecule has 1 aromatic heterocycles. The van der Waals surface area contributed by atoms with Gasteiger partial charge in [0.2, 0.25) is 5.88 Å². The summed E-state index contributed by atoms with van der Waals surface area (Å²) in [4.78, 5) is 4.52. The van der Waals surface area contributed by atoms with Crippen molar-refractivity contribution in [2.45, 2.75) is 4.90 Å². The van der Waals surface area contributed by atoms with E-state index in [4.69, 9.17) is 10.8 Å². The number of pyridine rings is 1. The second-order valence-corrected chi connectivity index (χ2v) is 2.67.